The molecule has 3 N–H and O–H groups in total. The Balaban J connectivity index is 0.00000240. The summed E-state index contributed by atoms with van der Waals surface area (Å²) < 4.78 is 6.92. The minimum Gasteiger partial charge on any atom is -0.495 e. The number of halogens is 1. The monoisotopic (exact) mass is 434 g/mol. The summed E-state index contributed by atoms with van der Waals surface area (Å²) in [6.07, 6.45) is 3.92. The number of hydrogen-bond acceptors (Lipinski definition) is 6. The SMILES string of the molecule is COc1ccc(NC(=O)c2sc3nc4n(c(=O)c3c2C)CCCCC4)cc1N.Cl. The number of nitrogens with zero attached hydrogens (tertiary/aromatic N) is 2. The topological polar surface area (TPSA) is 99.2 Å². The first-order chi connectivity index (χ1) is 13.5. The number of fused-ring (bicyclic) bond motifs is 2. The van der Waals surface area contributed by atoms with Gasteiger partial charge in [-0.25, -0.2) is 4.98 Å². The summed E-state index contributed by atoms with van der Waals surface area (Å²) in [7, 11) is 1.54. The molecule has 29 heavy (non-hydrogen) atoms. The predicted molar refractivity (Wildman–Crippen MR) is 119 cm³/mol. The third kappa shape index (κ3) is 3.82. The number of thiophene rings is 1. The molecule has 0 saturated carbocycles. The molecular weight excluding hydrogens is 412 g/mol. The van der Waals surface area contributed by atoms with Crippen LogP contribution in [0.2, 0.25) is 0 Å². The van der Waals surface area contributed by atoms with Gasteiger partial charge in [-0.3, -0.25) is 14.2 Å². The van der Waals surface area contributed by atoms with Crippen LogP contribution in [-0.4, -0.2) is 22.6 Å². The molecule has 4 rings (SSSR count). The first-order valence-corrected chi connectivity index (χ1v) is 10.1. The van der Waals surface area contributed by atoms with Gasteiger partial charge in [-0.15, -0.1) is 23.7 Å². The van der Waals surface area contributed by atoms with Gasteiger partial charge in [0, 0.05) is 18.7 Å². The molecule has 0 spiro atoms. The number of anilines is 2. The zero-order valence-electron chi connectivity index (χ0n) is 16.3. The molecule has 2 aromatic heterocycles. The van der Waals surface area contributed by atoms with Crippen LogP contribution >= 0.6 is 23.7 Å². The largest absolute Gasteiger partial charge is 0.495 e. The van der Waals surface area contributed by atoms with Crippen LogP contribution in [0.4, 0.5) is 11.4 Å². The van der Waals surface area contributed by atoms with Crippen molar-refractivity contribution >= 4 is 51.2 Å². The quantitative estimate of drug-likeness (QED) is 0.611. The van der Waals surface area contributed by atoms with Crippen molar-refractivity contribution in [1.29, 1.82) is 0 Å². The van der Waals surface area contributed by atoms with Gasteiger partial charge in [0.25, 0.3) is 11.5 Å². The number of nitrogens with two attached hydrogens (primary N) is 1. The highest BCUT2D eigenvalue weighted by Gasteiger charge is 2.22. The van der Waals surface area contributed by atoms with E-state index in [0.29, 0.717) is 44.3 Å². The average molecular weight is 435 g/mol. The number of rotatable bonds is 3. The number of nitrogen functional groups attached to an aromatic ring is 1. The fourth-order valence-electron chi connectivity index (χ4n) is 3.63. The molecule has 1 aliphatic rings. The fraction of sp³-hybridized carbons (Fsp3) is 0.350. The lowest BCUT2D eigenvalue weighted by Crippen LogP contribution is -2.24. The van der Waals surface area contributed by atoms with Gasteiger partial charge in [0.2, 0.25) is 0 Å². The van der Waals surface area contributed by atoms with E-state index in [0.717, 1.165) is 31.5 Å². The Bertz CT molecular complexity index is 1140. The van der Waals surface area contributed by atoms with Crippen LogP contribution in [-0.2, 0) is 13.0 Å². The van der Waals surface area contributed by atoms with Crippen molar-refractivity contribution in [2.24, 2.45) is 0 Å². The van der Waals surface area contributed by atoms with Gasteiger partial charge < -0.3 is 15.8 Å². The van der Waals surface area contributed by atoms with Crippen molar-refractivity contribution in [2.45, 2.75) is 39.2 Å². The normalized spacial score (nSPS) is 13.3. The minimum absolute atomic E-state index is 0. The molecule has 0 aliphatic carbocycles. The third-order valence-electron chi connectivity index (χ3n) is 5.11. The number of hydrogen-bond donors (Lipinski definition) is 2. The number of ether oxygens (including phenoxy) is 1. The highest BCUT2D eigenvalue weighted by atomic mass is 35.5. The van der Waals surface area contributed by atoms with E-state index in [4.69, 9.17) is 15.5 Å². The maximum atomic E-state index is 13.0. The summed E-state index contributed by atoms with van der Waals surface area (Å²) >= 11 is 1.26. The van der Waals surface area contributed by atoms with E-state index in [1.807, 2.05) is 6.92 Å². The summed E-state index contributed by atoms with van der Waals surface area (Å²) in [6, 6.07) is 5.08. The predicted octanol–water partition coefficient (Wildman–Crippen LogP) is 3.76. The highest BCUT2D eigenvalue weighted by Crippen LogP contribution is 2.30. The second kappa shape index (κ2) is 8.42. The first kappa shape index (κ1) is 21.1. The molecule has 0 bridgehead atoms. The van der Waals surface area contributed by atoms with E-state index in [1.165, 1.54) is 18.4 Å². The van der Waals surface area contributed by atoms with E-state index >= 15 is 0 Å². The zero-order chi connectivity index (χ0) is 19.8. The molecule has 3 heterocycles. The Hall–Kier alpha value is -2.58. The molecule has 0 saturated heterocycles. The number of carbonyl (C=O) groups is 1. The number of aromatic nitrogens is 2. The lowest BCUT2D eigenvalue weighted by atomic mass is 10.2. The van der Waals surface area contributed by atoms with Gasteiger partial charge in [-0.2, -0.15) is 0 Å². The van der Waals surface area contributed by atoms with Crippen LogP contribution < -0.4 is 21.3 Å². The Morgan fingerprint density at radius 3 is 2.83 bits per heavy atom. The van der Waals surface area contributed by atoms with Gasteiger partial charge in [0.15, 0.2) is 0 Å². The second-order valence-electron chi connectivity index (χ2n) is 6.94. The van der Waals surface area contributed by atoms with Gasteiger partial charge in [0.05, 0.1) is 23.1 Å². The van der Waals surface area contributed by atoms with E-state index in [2.05, 4.69) is 5.32 Å². The average Bonchev–Trinajstić information content (AvgIpc) is 2.84. The smallest absolute Gasteiger partial charge is 0.266 e. The zero-order valence-corrected chi connectivity index (χ0v) is 17.9. The van der Waals surface area contributed by atoms with Crippen LogP contribution in [0.15, 0.2) is 23.0 Å². The van der Waals surface area contributed by atoms with Crippen molar-refractivity contribution in [2.75, 3.05) is 18.2 Å². The maximum absolute atomic E-state index is 13.0. The molecule has 1 aromatic carbocycles. The van der Waals surface area contributed by atoms with E-state index in [-0.39, 0.29) is 23.9 Å². The van der Waals surface area contributed by atoms with Gasteiger partial charge >= 0.3 is 0 Å². The van der Waals surface area contributed by atoms with Gasteiger partial charge in [-0.05, 0) is 43.5 Å². The fourth-order valence-corrected chi connectivity index (χ4v) is 4.71. The summed E-state index contributed by atoms with van der Waals surface area (Å²) in [5.74, 6) is 1.10. The highest BCUT2D eigenvalue weighted by molar-refractivity contribution is 7.20. The molecule has 9 heteroatoms. The van der Waals surface area contributed by atoms with Crippen LogP contribution in [0.3, 0.4) is 0 Å². The summed E-state index contributed by atoms with van der Waals surface area (Å²) in [5, 5.41) is 3.40. The maximum Gasteiger partial charge on any atom is 0.266 e. The standard InChI is InChI=1S/C20H22N4O3S.ClH/c1-11-16-19(23-15-6-4-3-5-9-24(15)20(16)26)28-17(11)18(25)22-12-7-8-14(27-2)13(21)10-12;/h7-8,10H,3-6,9,21H2,1-2H3,(H,22,25);1H. The van der Waals surface area contributed by atoms with Gasteiger partial charge in [-0.1, -0.05) is 6.42 Å². The molecule has 0 atom stereocenters. The number of amides is 1. The van der Waals surface area contributed by atoms with Crippen molar-refractivity contribution in [3.63, 3.8) is 0 Å². The summed E-state index contributed by atoms with van der Waals surface area (Å²) in [4.78, 5) is 31.7. The Morgan fingerprint density at radius 1 is 1.31 bits per heavy atom. The molecule has 0 radical (unpaired) electrons. The Kier molecular flexibility index (Phi) is 6.14. The third-order valence-corrected chi connectivity index (χ3v) is 6.29. The first-order valence-electron chi connectivity index (χ1n) is 9.27. The minimum atomic E-state index is -0.273. The van der Waals surface area contributed by atoms with Crippen molar-refractivity contribution in [3.05, 3.63) is 44.8 Å². The van der Waals surface area contributed by atoms with E-state index in [9.17, 15) is 9.59 Å². The number of methoxy groups -OCH3 is 1. The van der Waals surface area contributed by atoms with Crippen molar-refractivity contribution in [3.8, 4) is 5.75 Å². The second-order valence-corrected chi connectivity index (χ2v) is 7.94. The summed E-state index contributed by atoms with van der Waals surface area (Å²) in [5.41, 5.74) is 7.56. The van der Waals surface area contributed by atoms with Crippen molar-refractivity contribution < 1.29 is 9.53 Å². The van der Waals surface area contributed by atoms with Crippen LogP contribution in [0.1, 0.15) is 40.3 Å². The molecule has 0 fully saturated rings. The molecule has 1 aliphatic heterocycles. The van der Waals surface area contributed by atoms with Crippen LogP contribution in [0.5, 0.6) is 5.75 Å². The molecule has 0 unspecified atom stereocenters. The lowest BCUT2D eigenvalue weighted by molar-refractivity contribution is 0.103. The molecule has 7 nitrogen and oxygen atoms in total. The van der Waals surface area contributed by atoms with Crippen LogP contribution in [0.25, 0.3) is 10.2 Å². The van der Waals surface area contributed by atoms with E-state index in [1.54, 1.807) is 22.8 Å². The Labute approximate surface area is 178 Å². The number of carbonyl (C=O) groups excluding carboxylic acids is 1. The van der Waals surface area contributed by atoms with Crippen LogP contribution in [0, 0.1) is 6.92 Å². The van der Waals surface area contributed by atoms with Crippen molar-refractivity contribution in [1.82, 2.24) is 9.55 Å². The summed E-state index contributed by atoms with van der Waals surface area (Å²) in [6.45, 7) is 2.50. The number of nitrogens with one attached hydrogen (secondary N) is 1. The molecule has 154 valence electrons. The van der Waals surface area contributed by atoms with E-state index < -0.39 is 0 Å². The molecule has 1 amide bonds. The van der Waals surface area contributed by atoms with Gasteiger partial charge in [0.1, 0.15) is 16.4 Å². The molecular formula is C20H23ClN4O3S. The number of benzene rings is 1. The number of aryl methyl sites for hydroxylation is 2. The lowest BCUT2D eigenvalue weighted by Gasteiger charge is -2.08. The Morgan fingerprint density at radius 2 is 2.10 bits per heavy atom. The molecule has 3 aromatic rings.